The van der Waals surface area contributed by atoms with Crippen LogP contribution in [0, 0.1) is 5.92 Å². The SMILES string of the molecule is CCC(CC)COCC1(N)CCCC1. The van der Waals surface area contributed by atoms with Gasteiger partial charge < -0.3 is 10.5 Å². The van der Waals surface area contributed by atoms with E-state index in [1.807, 2.05) is 0 Å². The maximum Gasteiger partial charge on any atom is 0.0646 e. The van der Waals surface area contributed by atoms with Crippen molar-refractivity contribution in [3.05, 3.63) is 0 Å². The second-order valence-corrected chi connectivity index (χ2v) is 4.77. The third-order valence-corrected chi connectivity index (χ3v) is 3.50. The van der Waals surface area contributed by atoms with Crippen molar-refractivity contribution in [2.24, 2.45) is 11.7 Å². The summed E-state index contributed by atoms with van der Waals surface area (Å²) < 4.78 is 5.74. The summed E-state index contributed by atoms with van der Waals surface area (Å²) in [6, 6.07) is 0. The highest BCUT2D eigenvalue weighted by atomic mass is 16.5. The molecular formula is C12H25NO. The lowest BCUT2D eigenvalue weighted by molar-refractivity contribution is 0.0590. The molecule has 0 spiro atoms. The van der Waals surface area contributed by atoms with Crippen LogP contribution >= 0.6 is 0 Å². The van der Waals surface area contributed by atoms with Crippen LogP contribution in [0.4, 0.5) is 0 Å². The quantitative estimate of drug-likeness (QED) is 0.714. The summed E-state index contributed by atoms with van der Waals surface area (Å²) in [6.07, 6.45) is 7.30. The van der Waals surface area contributed by atoms with E-state index in [-0.39, 0.29) is 5.54 Å². The minimum Gasteiger partial charge on any atom is -0.379 e. The Bertz CT molecular complexity index is 148. The van der Waals surface area contributed by atoms with E-state index in [1.54, 1.807) is 0 Å². The van der Waals surface area contributed by atoms with Crippen molar-refractivity contribution in [3.8, 4) is 0 Å². The van der Waals surface area contributed by atoms with Gasteiger partial charge in [0.15, 0.2) is 0 Å². The van der Waals surface area contributed by atoms with E-state index >= 15 is 0 Å². The molecule has 1 saturated carbocycles. The molecule has 0 unspecified atom stereocenters. The van der Waals surface area contributed by atoms with Crippen LogP contribution < -0.4 is 5.73 Å². The summed E-state index contributed by atoms with van der Waals surface area (Å²) in [5.41, 5.74) is 6.21. The van der Waals surface area contributed by atoms with E-state index < -0.39 is 0 Å². The van der Waals surface area contributed by atoms with Crippen molar-refractivity contribution >= 4 is 0 Å². The molecule has 84 valence electrons. The number of nitrogens with two attached hydrogens (primary N) is 1. The van der Waals surface area contributed by atoms with E-state index in [9.17, 15) is 0 Å². The minimum atomic E-state index is 0.00598. The molecule has 2 nitrogen and oxygen atoms in total. The van der Waals surface area contributed by atoms with Gasteiger partial charge in [-0.25, -0.2) is 0 Å². The van der Waals surface area contributed by atoms with Crippen LogP contribution in [0.2, 0.25) is 0 Å². The molecule has 0 heterocycles. The molecule has 0 aromatic carbocycles. The Balaban J connectivity index is 2.13. The topological polar surface area (TPSA) is 35.2 Å². The van der Waals surface area contributed by atoms with E-state index in [1.165, 1.54) is 25.7 Å². The fraction of sp³-hybridized carbons (Fsp3) is 1.00. The first-order valence-electron chi connectivity index (χ1n) is 6.07. The normalized spacial score (nSPS) is 20.6. The molecule has 1 fully saturated rings. The summed E-state index contributed by atoms with van der Waals surface area (Å²) in [7, 11) is 0. The molecule has 0 amide bonds. The molecule has 0 radical (unpaired) electrons. The molecule has 14 heavy (non-hydrogen) atoms. The Kier molecular flexibility index (Phi) is 4.90. The van der Waals surface area contributed by atoms with Gasteiger partial charge >= 0.3 is 0 Å². The van der Waals surface area contributed by atoms with Crippen molar-refractivity contribution in [3.63, 3.8) is 0 Å². The zero-order valence-corrected chi connectivity index (χ0v) is 9.72. The lowest BCUT2D eigenvalue weighted by Gasteiger charge is -2.24. The average molecular weight is 199 g/mol. The first-order chi connectivity index (χ1) is 6.70. The van der Waals surface area contributed by atoms with E-state index in [0.717, 1.165) is 32.0 Å². The first kappa shape index (κ1) is 12.0. The van der Waals surface area contributed by atoms with E-state index in [0.29, 0.717) is 0 Å². The number of hydrogen-bond acceptors (Lipinski definition) is 2. The van der Waals surface area contributed by atoms with Gasteiger partial charge in [-0.2, -0.15) is 0 Å². The van der Waals surface area contributed by atoms with Crippen LogP contribution in [0.5, 0.6) is 0 Å². The third-order valence-electron chi connectivity index (χ3n) is 3.50. The highest BCUT2D eigenvalue weighted by molar-refractivity contribution is 4.88. The van der Waals surface area contributed by atoms with Crippen molar-refractivity contribution in [1.29, 1.82) is 0 Å². The number of rotatable bonds is 6. The Hall–Kier alpha value is -0.0800. The van der Waals surface area contributed by atoms with Gasteiger partial charge in [-0.15, -0.1) is 0 Å². The largest absolute Gasteiger partial charge is 0.379 e. The maximum atomic E-state index is 6.20. The zero-order chi connectivity index (χ0) is 10.4. The molecule has 0 bridgehead atoms. The fourth-order valence-electron chi connectivity index (χ4n) is 2.18. The molecule has 0 aromatic rings. The van der Waals surface area contributed by atoms with Gasteiger partial charge in [-0.05, 0) is 18.8 Å². The fourth-order valence-corrected chi connectivity index (χ4v) is 2.18. The van der Waals surface area contributed by atoms with Crippen LogP contribution in [-0.4, -0.2) is 18.8 Å². The minimum absolute atomic E-state index is 0.00598. The first-order valence-corrected chi connectivity index (χ1v) is 6.07. The molecule has 1 aliphatic rings. The average Bonchev–Trinajstić information content (AvgIpc) is 2.60. The van der Waals surface area contributed by atoms with Crippen LogP contribution in [0.3, 0.4) is 0 Å². The van der Waals surface area contributed by atoms with E-state index in [4.69, 9.17) is 10.5 Å². The highest BCUT2D eigenvalue weighted by Gasteiger charge is 2.29. The lowest BCUT2D eigenvalue weighted by atomic mass is 10.0. The second-order valence-electron chi connectivity index (χ2n) is 4.77. The van der Waals surface area contributed by atoms with Crippen LogP contribution in [0.25, 0.3) is 0 Å². The summed E-state index contributed by atoms with van der Waals surface area (Å²) in [5.74, 6) is 0.722. The standard InChI is InChI=1S/C12H25NO/c1-3-11(4-2)9-14-10-12(13)7-5-6-8-12/h11H,3-10,13H2,1-2H3. The molecule has 0 aromatic heterocycles. The Labute approximate surface area is 88.2 Å². The molecule has 0 atom stereocenters. The summed E-state index contributed by atoms with van der Waals surface area (Å²) >= 11 is 0. The van der Waals surface area contributed by atoms with Crippen molar-refractivity contribution in [2.45, 2.75) is 57.9 Å². The van der Waals surface area contributed by atoms with Gasteiger partial charge in [-0.3, -0.25) is 0 Å². The Morgan fingerprint density at radius 3 is 2.29 bits per heavy atom. The molecular weight excluding hydrogens is 174 g/mol. The lowest BCUT2D eigenvalue weighted by Crippen LogP contribution is -2.41. The van der Waals surface area contributed by atoms with Crippen molar-refractivity contribution in [1.82, 2.24) is 0 Å². The molecule has 1 aliphatic carbocycles. The van der Waals surface area contributed by atoms with Crippen LogP contribution in [-0.2, 0) is 4.74 Å². The third kappa shape index (κ3) is 3.58. The van der Waals surface area contributed by atoms with Gasteiger partial charge in [0.2, 0.25) is 0 Å². The highest BCUT2D eigenvalue weighted by Crippen LogP contribution is 2.27. The number of ether oxygens (including phenoxy) is 1. The Morgan fingerprint density at radius 1 is 1.21 bits per heavy atom. The summed E-state index contributed by atoms with van der Waals surface area (Å²) in [4.78, 5) is 0. The molecule has 2 N–H and O–H groups in total. The smallest absolute Gasteiger partial charge is 0.0646 e. The van der Waals surface area contributed by atoms with Crippen LogP contribution in [0.1, 0.15) is 52.4 Å². The number of hydrogen-bond donors (Lipinski definition) is 1. The second kappa shape index (κ2) is 5.72. The summed E-state index contributed by atoms with van der Waals surface area (Å²) in [6.45, 7) is 6.12. The van der Waals surface area contributed by atoms with Gasteiger partial charge in [0.1, 0.15) is 0 Å². The zero-order valence-electron chi connectivity index (χ0n) is 9.72. The van der Waals surface area contributed by atoms with Gasteiger partial charge in [0, 0.05) is 12.1 Å². The summed E-state index contributed by atoms with van der Waals surface area (Å²) in [5, 5.41) is 0. The van der Waals surface area contributed by atoms with Crippen molar-refractivity contribution in [2.75, 3.05) is 13.2 Å². The van der Waals surface area contributed by atoms with Gasteiger partial charge in [-0.1, -0.05) is 39.5 Å². The van der Waals surface area contributed by atoms with Crippen LogP contribution in [0.15, 0.2) is 0 Å². The van der Waals surface area contributed by atoms with Gasteiger partial charge in [0.25, 0.3) is 0 Å². The predicted molar refractivity (Wildman–Crippen MR) is 60.3 cm³/mol. The Morgan fingerprint density at radius 2 is 1.79 bits per heavy atom. The molecule has 0 aliphatic heterocycles. The molecule has 1 rings (SSSR count). The molecule has 2 heteroatoms. The van der Waals surface area contributed by atoms with Gasteiger partial charge in [0.05, 0.1) is 6.61 Å². The maximum absolute atomic E-state index is 6.20. The predicted octanol–water partition coefficient (Wildman–Crippen LogP) is 2.71. The monoisotopic (exact) mass is 199 g/mol. The van der Waals surface area contributed by atoms with E-state index in [2.05, 4.69) is 13.8 Å². The van der Waals surface area contributed by atoms with Crippen molar-refractivity contribution < 1.29 is 4.74 Å². The molecule has 0 saturated heterocycles.